The van der Waals surface area contributed by atoms with E-state index in [2.05, 4.69) is 195 Å². The first-order valence-corrected chi connectivity index (χ1v) is 21.7. The highest BCUT2D eigenvalue weighted by atomic mass is 14.9. The Hall–Kier alpha value is -8.01. The van der Waals surface area contributed by atoms with Gasteiger partial charge in [0.15, 0.2) is 5.82 Å². The van der Waals surface area contributed by atoms with Crippen LogP contribution < -0.4 is 0 Å². The molecule has 0 unspecified atom stereocenters. The summed E-state index contributed by atoms with van der Waals surface area (Å²) in [6, 6.07) is 72.4. The summed E-state index contributed by atoms with van der Waals surface area (Å²) in [5, 5.41) is 7.40. The lowest BCUT2D eigenvalue weighted by atomic mass is 9.81. The van der Waals surface area contributed by atoms with Crippen molar-refractivity contribution in [2.24, 2.45) is 0 Å². The predicted octanol–water partition coefficient (Wildman–Crippen LogP) is 15.6. The molecule has 1 aliphatic carbocycles. The highest BCUT2D eigenvalue weighted by Crippen LogP contribution is 2.52. The molecule has 0 amide bonds. The molecule has 0 aliphatic heterocycles. The van der Waals surface area contributed by atoms with Gasteiger partial charge in [-0.05, 0) is 107 Å². The lowest BCUT2D eigenvalue weighted by Crippen LogP contribution is -2.15. The summed E-state index contributed by atoms with van der Waals surface area (Å²) in [6.45, 7) is 4.75. The lowest BCUT2D eigenvalue weighted by molar-refractivity contribution is 0.661. The van der Waals surface area contributed by atoms with E-state index in [1.165, 1.54) is 71.4 Å². The third-order valence-corrected chi connectivity index (χ3v) is 13.2. The fourth-order valence-corrected chi connectivity index (χ4v) is 10.1. The van der Waals surface area contributed by atoms with Crippen LogP contribution in [-0.4, -0.2) is 15.0 Å². The SMILES string of the molecule is CC1(C)c2cc(-c3ccc(-c4ccc(-c5cc(-c6cccc(-c7cccnc7)c6)nc(-c6ccccc6)n5)c5ccccc45)c4ccccc34)ccc2-c2c1ccc1ccccc21. The molecule has 9 aromatic carbocycles. The molecule has 0 saturated heterocycles. The van der Waals surface area contributed by atoms with Gasteiger partial charge in [0.2, 0.25) is 0 Å². The zero-order valence-electron chi connectivity index (χ0n) is 35.0. The Bertz CT molecular complexity index is 3590. The summed E-state index contributed by atoms with van der Waals surface area (Å²) in [5.74, 6) is 0.691. The van der Waals surface area contributed by atoms with Gasteiger partial charge in [0.05, 0.1) is 11.4 Å². The molecule has 0 fully saturated rings. The average Bonchev–Trinajstić information content (AvgIpc) is 3.59. The Morgan fingerprint density at radius 3 is 1.68 bits per heavy atom. The summed E-state index contributed by atoms with van der Waals surface area (Å²) >= 11 is 0. The molecule has 2 heterocycles. The molecule has 0 bridgehead atoms. The number of nitrogens with zero attached hydrogens (tertiary/aromatic N) is 3. The molecule has 11 aromatic rings. The van der Waals surface area contributed by atoms with Gasteiger partial charge in [0.25, 0.3) is 0 Å². The van der Waals surface area contributed by atoms with Gasteiger partial charge < -0.3 is 0 Å². The van der Waals surface area contributed by atoms with Crippen LogP contribution in [-0.2, 0) is 5.41 Å². The molecule has 12 rings (SSSR count). The highest BCUT2D eigenvalue weighted by Gasteiger charge is 2.36. The third-order valence-electron chi connectivity index (χ3n) is 13.2. The third kappa shape index (κ3) is 6.07. The molecule has 0 N–H and O–H groups in total. The summed E-state index contributed by atoms with van der Waals surface area (Å²) in [7, 11) is 0. The van der Waals surface area contributed by atoms with Gasteiger partial charge in [-0.3, -0.25) is 4.98 Å². The number of pyridine rings is 1. The standard InChI is InChI=1S/C60H41N3/c1-60(2)54-32-26-38-14-6-7-20-45(38)58(54)53-27-25-41(35-55(53)60)44-28-29-50(47-22-9-8-21-46(44)47)51-30-31-52(49-24-11-10-23-48(49)51)57-36-56(62-59(63-57)39-15-4-3-5-16-39)42-18-12-17-40(34-42)43-19-13-33-61-37-43/h3-37H,1-2H3. The van der Waals surface area contributed by atoms with E-state index < -0.39 is 0 Å². The van der Waals surface area contributed by atoms with Crippen molar-refractivity contribution in [1.82, 2.24) is 15.0 Å². The van der Waals surface area contributed by atoms with Crippen LogP contribution in [0.2, 0.25) is 0 Å². The van der Waals surface area contributed by atoms with E-state index in [0.717, 1.165) is 44.6 Å². The van der Waals surface area contributed by atoms with Crippen LogP contribution in [0.1, 0.15) is 25.0 Å². The summed E-state index contributed by atoms with van der Waals surface area (Å²) in [4.78, 5) is 14.8. The number of hydrogen-bond donors (Lipinski definition) is 0. The Morgan fingerprint density at radius 2 is 0.937 bits per heavy atom. The molecule has 1 aliphatic rings. The van der Waals surface area contributed by atoms with Gasteiger partial charge in [-0.2, -0.15) is 0 Å². The lowest BCUT2D eigenvalue weighted by Gasteiger charge is -2.22. The maximum absolute atomic E-state index is 5.27. The summed E-state index contributed by atoms with van der Waals surface area (Å²) < 4.78 is 0. The first kappa shape index (κ1) is 36.8. The minimum absolute atomic E-state index is 0.114. The van der Waals surface area contributed by atoms with Crippen molar-refractivity contribution < 1.29 is 0 Å². The number of rotatable bonds is 6. The van der Waals surface area contributed by atoms with Crippen LogP contribution in [0.3, 0.4) is 0 Å². The molecular formula is C60H41N3. The Labute approximate surface area is 367 Å². The number of aromatic nitrogens is 3. The second-order valence-electron chi connectivity index (χ2n) is 17.2. The van der Waals surface area contributed by atoms with Crippen LogP contribution in [0.25, 0.3) is 111 Å². The number of benzene rings is 9. The predicted molar refractivity (Wildman–Crippen MR) is 263 cm³/mol. The number of fused-ring (bicyclic) bond motifs is 7. The fourth-order valence-electron chi connectivity index (χ4n) is 10.1. The molecule has 0 saturated carbocycles. The molecule has 2 aromatic heterocycles. The van der Waals surface area contributed by atoms with Crippen LogP contribution in [0.15, 0.2) is 213 Å². The molecule has 3 nitrogen and oxygen atoms in total. The van der Waals surface area contributed by atoms with E-state index in [4.69, 9.17) is 9.97 Å². The van der Waals surface area contributed by atoms with Gasteiger partial charge in [0.1, 0.15) is 0 Å². The second kappa shape index (κ2) is 14.6. The van der Waals surface area contributed by atoms with Gasteiger partial charge in [-0.25, -0.2) is 9.97 Å². The van der Waals surface area contributed by atoms with E-state index in [1.54, 1.807) is 6.20 Å². The van der Waals surface area contributed by atoms with Gasteiger partial charge in [0, 0.05) is 40.1 Å². The second-order valence-corrected chi connectivity index (χ2v) is 17.2. The van der Waals surface area contributed by atoms with Crippen LogP contribution in [0.4, 0.5) is 0 Å². The smallest absolute Gasteiger partial charge is 0.160 e. The van der Waals surface area contributed by atoms with Gasteiger partial charge in [-0.15, -0.1) is 0 Å². The quantitative estimate of drug-likeness (QED) is 0.168. The largest absolute Gasteiger partial charge is 0.264 e. The van der Waals surface area contributed by atoms with Crippen molar-refractivity contribution in [3.63, 3.8) is 0 Å². The van der Waals surface area contributed by atoms with Crippen molar-refractivity contribution in [2.45, 2.75) is 19.3 Å². The molecule has 296 valence electrons. The maximum Gasteiger partial charge on any atom is 0.160 e. The Morgan fingerprint density at radius 1 is 0.349 bits per heavy atom. The van der Waals surface area contributed by atoms with Crippen LogP contribution in [0.5, 0.6) is 0 Å². The fraction of sp³-hybridized carbons (Fsp3) is 0.0500. The minimum Gasteiger partial charge on any atom is -0.264 e. The summed E-state index contributed by atoms with van der Waals surface area (Å²) in [5.41, 5.74) is 17.2. The molecule has 63 heavy (non-hydrogen) atoms. The molecule has 3 heteroatoms. The van der Waals surface area contributed by atoms with Crippen LogP contribution in [0, 0.1) is 0 Å². The normalized spacial score (nSPS) is 12.7. The van der Waals surface area contributed by atoms with Crippen molar-refractivity contribution in [2.75, 3.05) is 0 Å². The molecule has 0 radical (unpaired) electrons. The first-order valence-electron chi connectivity index (χ1n) is 21.7. The van der Waals surface area contributed by atoms with E-state index in [9.17, 15) is 0 Å². The topological polar surface area (TPSA) is 38.7 Å². The molecular weight excluding hydrogens is 763 g/mol. The minimum atomic E-state index is -0.114. The first-order chi connectivity index (χ1) is 31.0. The number of hydrogen-bond acceptors (Lipinski definition) is 3. The maximum atomic E-state index is 5.27. The van der Waals surface area contributed by atoms with Crippen molar-refractivity contribution in [3.05, 3.63) is 224 Å². The zero-order chi connectivity index (χ0) is 42.1. The summed E-state index contributed by atoms with van der Waals surface area (Å²) in [6.07, 6.45) is 3.71. The van der Waals surface area contributed by atoms with Crippen LogP contribution >= 0.6 is 0 Å². The van der Waals surface area contributed by atoms with Crippen molar-refractivity contribution >= 4 is 32.3 Å². The molecule has 0 spiro atoms. The molecule has 0 atom stereocenters. The van der Waals surface area contributed by atoms with E-state index in [0.29, 0.717) is 5.82 Å². The Kier molecular flexibility index (Phi) is 8.52. The van der Waals surface area contributed by atoms with E-state index >= 15 is 0 Å². The van der Waals surface area contributed by atoms with Gasteiger partial charge >= 0.3 is 0 Å². The Balaban J connectivity index is 0.985. The van der Waals surface area contributed by atoms with Crippen molar-refractivity contribution in [3.8, 4) is 78.4 Å². The zero-order valence-corrected chi connectivity index (χ0v) is 35.0. The highest BCUT2D eigenvalue weighted by molar-refractivity contribution is 6.12. The van der Waals surface area contributed by atoms with Gasteiger partial charge in [-0.1, -0.05) is 190 Å². The monoisotopic (exact) mass is 803 g/mol. The average molecular weight is 804 g/mol. The van der Waals surface area contributed by atoms with E-state index in [-0.39, 0.29) is 5.41 Å². The van der Waals surface area contributed by atoms with E-state index in [1.807, 2.05) is 30.5 Å². The van der Waals surface area contributed by atoms with Crippen molar-refractivity contribution in [1.29, 1.82) is 0 Å².